The van der Waals surface area contributed by atoms with Crippen LogP contribution >= 0.6 is 23.2 Å². The lowest BCUT2D eigenvalue weighted by Crippen LogP contribution is -2.30. The normalized spacial score (nSPS) is 15.4. The highest BCUT2D eigenvalue weighted by atomic mass is 35.5. The van der Waals surface area contributed by atoms with Crippen LogP contribution in [0.4, 0.5) is 11.4 Å². The molecule has 2 amide bonds. The quantitative estimate of drug-likeness (QED) is 0.477. The third kappa shape index (κ3) is 2.09. The summed E-state index contributed by atoms with van der Waals surface area (Å²) < 4.78 is 0. The summed E-state index contributed by atoms with van der Waals surface area (Å²) in [7, 11) is 0. The topological polar surface area (TPSA) is 80.5 Å². The number of nitro benzene ring substituents is 1. The lowest BCUT2D eigenvalue weighted by Gasteiger charge is -2.14. The van der Waals surface area contributed by atoms with E-state index >= 15 is 0 Å². The summed E-state index contributed by atoms with van der Waals surface area (Å²) in [6.45, 7) is 1.50. The number of amides is 2. The predicted octanol–water partition coefficient (Wildman–Crippen LogP) is 2.47. The first-order valence-corrected chi connectivity index (χ1v) is 5.79. The van der Waals surface area contributed by atoms with E-state index in [1.165, 1.54) is 25.1 Å². The first-order chi connectivity index (χ1) is 8.84. The van der Waals surface area contributed by atoms with Gasteiger partial charge in [-0.25, -0.2) is 4.90 Å². The van der Waals surface area contributed by atoms with Crippen LogP contribution in [0.1, 0.15) is 5.56 Å². The van der Waals surface area contributed by atoms with E-state index in [0.29, 0.717) is 5.56 Å². The molecule has 0 bridgehead atoms. The molecule has 0 saturated heterocycles. The van der Waals surface area contributed by atoms with Crippen LogP contribution in [0, 0.1) is 17.0 Å². The summed E-state index contributed by atoms with van der Waals surface area (Å²) in [6.07, 6.45) is 0. The van der Waals surface area contributed by atoms with Gasteiger partial charge in [0, 0.05) is 11.6 Å². The first-order valence-electron chi connectivity index (χ1n) is 5.03. The van der Waals surface area contributed by atoms with Gasteiger partial charge in [-0.3, -0.25) is 19.7 Å². The number of rotatable bonds is 2. The van der Waals surface area contributed by atoms with E-state index in [2.05, 4.69) is 0 Å². The first kappa shape index (κ1) is 13.5. The van der Waals surface area contributed by atoms with E-state index in [-0.39, 0.29) is 21.4 Å². The smallest absolute Gasteiger partial charge is 0.267 e. The van der Waals surface area contributed by atoms with Gasteiger partial charge >= 0.3 is 0 Å². The molecule has 2 rings (SSSR count). The molecule has 0 aliphatic carbocycles. The van der Waals surface area contributed by atoms with E-state index in [9.17, 15) is 19.7 Å². The molecule has 98 valence electrons. The van der Waals surface area contributed by atoms with Crippen LogP contribution in [0.2, 0.25) is 0 Å². The molecule has 1 aromatic rings. The van der Waals surface area contributed by atoms with E-state index in [1.54, 1.807) is 0 Å². The number of imide groups is 1. The summed E-state index contributed by atoms with van der Waals surface area (Å²) >= 11 is 11.2. The van der Waals surface area contributed by atoms with Gasteiger partial charge in [-0.15, -0.1) is 0 Å². The highest BCUT2D eigenvalue weighted by molar-refractivity contribution is 6.62. The van der Waals surface area contributed by atoms with E-state index in [0.717, 1.165) is 4.90 Å². The maximum atomic E-state index is 11.8. The molecule has 6 nitrogen and oxygen atoms in total. The van der Waals surface area contributed by atoms with Gasteiger partial charge < -0.3 is 0 Å². The number of anilines is 1. The summed E-state index contributed by atoms with van der Waals surface area (Å²) in [5.41, 5.74) is 0.405. The van der Waals surface area contributed by atoms with Crippen LogP contribution in [0.15, 0.2) is 28.3 Å². The minimum absolute atomic E-state index is 0.104. The molecule has 0 aromatic heterocycles. The Morgan fingerprint density at radius 2 is 1.68 bits per heavy atom. The van der Waals surface area contributed by atoms with Crippen molar-refractivity contribution in [2.45, 2.75) is 6.92 Å². The molecule has 1 aliphatic rings. The Morgan fingerprint density at radius 1 is 1.16 bits per heavy atom. The van der Waals surface area contributed by atoms with Crippen LogP contribution in [-0.2, 0) is 9.59 Å². The van der Waals surface area contributed by atoms with Crippen molar-refractivity contribution in [1.82, 2.24) is 0 Å². The van der Waals surface area contributed by atoms with Crippen molar-refractivity contribution in [3.8, 4) is 0 Å². The molecule has 8 heteroatoms. The monoisotopic (exact) mass is 300 g/mol. The molecule has 0 fully saturated rings. The Balaban J connectivity index is 2.46. The van der Waals surface area contributed by atoms with Crippen LogP contribution in [0.5, 0.6) is 0 Å². The lowest BCUT2D eigenvalue weighted by molar-refractivity contribution is -0.385. The summed E-state index contributed by atoms with van der Waals surface area (Å²) in [4.78, 5) is 34.4. The van der Waals surface area contributed by atoms with Crippen LogP contribution in [-0.4, -0.2) is 16.7 Å². The summed E-state index contributed by atoms with van der Waals surface area (Å²) in [5, 5.41) is 9.98. The van der Waals surface area contributed by atoms with Gasteiger partial charge in [0.2, 0.25) is 0 Å². The van der Waals surface area contributed by atoms with Crippen molar-refractivity contribution in [3.05, 3.63) is 43.9 Å². The third-order valence-corrected chi connectivity index (χ3v) is 3.41. The number of nitro groups is 1. The van der Waals surface area contributed by atoms with Gasteiger partial charge in [0.25, 0.3) is 17.5 Å². The molecule has 1 aliphatic heterocycles. The second-order valence-electron chi connectivity index (χ2n) is 3.80. The van der Waals surface area contributed by atoms with Crippen molar-refractivity contribution >= 4 is 46.4 Å². The Kier molecular flexibility index (Phi) is 3.30. The van der Waals surface area contributed by atoms with E-state index in [4.69, 9.17) is 23.2 Å². The highest BCUT2D eigenvalue weighted by Crippen LogP contribution is 2.33. The molecule has 0 unspecified atom stereocenters. The highest BCUT2D eigenvalue weighted by Gasteiger charge is 2.38. The van der Waals surface area contributed by atoms with Crippen LogP contribution < -0.4 is 4.90 Å². The molecule has 1 heterocycles. The van der Waals surface area contributed by atoms with Gasteiger partial charge in [-0.1, -0.05) is 23.2 Å². The predicted molar refractivity (Wildman–Crippen MR) is 69.1 cm³/mol. The van der Waals surface area contributed by atoms with Gasteiger partial charge in [-0.05, 0) is 19.1 Å². The number of nitrogens with zero attached hydrogens (tertiary/aromatic N) is 2. The van der Waals surface area contributed by atoms with E-state index < -0.39 is 16.7 Å². The van der Waals surface area contributed by atoms with Gasteiger partial charge in [0.1, 0.15) is 10.1 Å². The molecule has 0 saturated carbocycles. The fourth-order valence-electron chi connectivity index (χ4n) is 1.69. The zero-order chi connectivity index (χ0) is 14.3. The van der Waals surface area contributed by atoms with Gasteiger partial charge in [0.05, 0.1) is 10.6 Å². The number of hydrogen-bond donors (Lipinski definition) is 0. The maximum Gasteiger partial charge on any atom is 0.278 e. The largest absolute Gasteiger partial charge is 0.278 e. The van der Waals surface area contributed by atoms with Crippen LogP contribution in [0.3, 0.4) is 0 Å². The molecule has 0 N–H and O–H groups in total. The fraction of sp³-hybridized carbons (Fsp3) is 0.0909. The molecule has 0 radical (unpaired) electrons. The lowest BCUT2D eigenvalue weighted by atomic mass is 10.1. The number of hydrogen-bond acceptors (Lipinski definition) is 4. The van der Waals surface area contributed by atoms with Crippen molar-refractivity contribution in [2.24, 2.45) is 0 Å². The second kappa shape index (κ2) is 4.64. The average molecular weight is 301 g/mol. The Bertz CT molecular complexity index is 630. The summed E-state index contributed by atoms with van der Waals surface area (Å²) in [5.74, 6) is -1.49. The number of carbonyl (C=O) groups excluding carboxylic acids is 2. The summed E-state index contributed by atoms with van der Waals surface area (Å²) in [6, 6.07) is 3.86. The average Bonchev–Trinajstić information content (AvgIpc) is 2.53. The number of carbonyl (C=O) groups is 2. The molecule has 0 atom stereocenters. The Hall–Kier alpha value is -1.92. The number of benzene rings is 1. The van der Waals surface area contributed by atoms with Crippen molar-refractivity contribution in [2.75, 3.05) is 4.90 Å². The minimum Gasteiger partial charge on any atom is -0.267 e. The SMILES string of the molecule is Cc1cc(N2C(=O)C(Cl)=C(Cl)C2=O)ccc1[N+](=O)[O-]. The van der Waals surface area contributed by atoms with Crippen molar-refractivity contribution < 1.29 is 14.5 Å². The number of halogens is 2. The van der Waals surface area contributed by atoms with Crippen molar-refractivity contribution in [3.63, 3.8) is 0 Å². The van der Waals surface area contributed by atoms with Gasteiger partial charge in [-0.2, -0.15) is 0 Å². The zero-order valence-corrected chi connectivity index (χ0v) is 11.0. The minimum atomic E-state index is -0.745. The zero-order valence-electron chi connectivity index (χ0n) is 9.52. The second-order valence-corrected chi connectivity index (χ2v) is 4.56. The van der Waals surface area contributed by atoms with Gasteiger partial charge in [0.15, 0.2) is 0 Å². The van der Waals surface area contributed by atoms with Crippen molar-refractivity contribution in [1.29, 1.82) is 0 Å². The van der Waals surface area contributed by atoms with Crippen LogP contribution in [0.25, 0.3) is 0 Å². The Morgan fingerprint density at radius 3 is 2.11 bits per heavy atom. The molecular weight excluding hydrogens is 295 g/mol. The Labute approximate surface area is 117 Å². The van der Waals surface area contributed by atoms with E-state index in [1.807, 2.05) is 0 Å². The molecule has 0 spiro atoms. The third-order valence-electron chi connectivity index (χ3n) is 2.61. The molecule has 19 heavy (non-hydrogen) atoms. The molecular formula is C11H6Cl2N2O4. The standard InChI is InChI=1S/C11H6Cl2N2O4/c1-5-4-6(2-3-7(5)15(18)19)14-10(16)8(12)9(13)11(14)17/h2-4H,1H3. The molecule has 1 aromatic carbocycles. The number of aryl methyl sites for hydroxylation is 1. The fourth-order valence-corrected chi connectivity index (χ4v) is 2.03. The maximum absolute atomic E-state index is 11.8.